The summed E-state index contributed by atoms with van der Waals surface area (Å²) in [6, 6.07) is 13.0. The van der Waals surface area contributed by atoms with E-state index in [9.17, 15) is 24.5 Å². The molecule has 0 bridgehead atoms. The normalized spacial score (nSPS) is 14.1. The molecular formula is C26H22N4O7S. The summed E-state index contributed by atoms with van der Waals surface area (Å²) in [7, 11) is 1.43. The van der Waals surface area contributed by atoms with Gasteiger partial charge in [0.1, 0.15) is 12.7 Å². The number of rotatable bonds is 8. The Morgan fingerprint density at radius 2 is 1.87 bits per heavy atom. The maximum absolute atomic E-state index is 12.9. The second kappa shape index (κ2) is 11.1. The highest BCUT2D eigenvalue weighted by atomic mass is 32.2. The summed E-state index contributed by atoms with van der Waals surface area (Å²) < 4.78 is 11.0. The van der Waals surface area contributed by atoms with E-state index in [1.54, 1.807) is 18.2 Å². The quantitative estimate of drug-likeness (QED) is 0.238. The third kappa shape index (κ3) is 5.81. The number of benzene rings is 2. The lowest BCUT2D eigenvalue weighted by molar-refractivity contribution is -0.385. The number of aromatic nitrogens is 1. The second-order valence-electron chi connectivity index (χ2n) is 8.21. The van der Waals surface area contributed by atoms with Gasteiger partial charge < -0.3 is 14.8 Å². The van der Waals surface area contributed by atoms with Gasteiger partial charge in [0.25, 0.3) is 16.8 Å². The lowest BCUT2D eigenvalue weighted by atomic mass is 10.1. The fourth-order valence-corrected chi connectivity index (χ4v) is 4.47. The van der Waals surface area contributed by atoms with Crippen molar-refractivity contribution in [2.75, 3.05) is 19.0 Å². The molecule has 0 spiro atoms. The lowest BCUT2D eigenvalue weighted by Crippen LogP contribution is -2.36. The van der Waals surface area contributed by atoms with Crippen molar-refractivity contribution < 1.29 is 28.8 Å². The summed E-state index contributed by atoms with van der Waals surface area (Å²) in [5.74, 6) is -0.324. The van der Waals surface area contributed by atoms with Gasteiger partial charge >= 0.3 is 0 Å². The van der Waals surface area contributed by atoms with Crippen LogP contribution in [0.4, 0.5) is 16.2 Å². The van der Waals surface area contributed by atoms with E-state index in [0.29, 0.717) is 22.7 Å². The highest BCUT2D eigenvalue weighted by Crippen LogP contribution is 2.36. The van der Waals surface area contributed by atoms with Gasteiger partial charge in [-0.1, -0.05) is 24.3 Å². The number of anilines is 1. The van der Waals surface area contributed by atoms with Crippen molar-refractivity contribution in [3.05, 3.63) is 86.4 Å². The van der Waals surface area contributed by atoms with E-state index in [4.69, 9.17) is 9.47 Å². The molecule has 2 aromatic carbocycles. The molecule has 0 atom stereocenters. The molecule has 1 fully saturated rings. The second-order valence-corrected chi connectivity index (χ2v) is 9.20. The van der Waals surface area contributed by atoms with Crippen molar-refractivity contribution in [2.45, 2.75) is 13.8 Å². The van der Waals surface area contributed by atoms with Gasteiger partial charge in [-0.15, -0.1) is 0 Å². The van der Waals surface area contributed by atoms with Gasteiger partial charge in [0.2, 0.25) is 11.8 Å². The molecule has 0 radical (unpaired) electrons. The molecule has 1 aromatic heterocycles. The zero-order valence-electron chi connectivity index (χ0n) is 20.6. The molecule has 0 aliphatic carbocycles. The van der Waals surface area contributed by atoms with Crippen molar-refractivity contribution in [3.8, 4) is 17.4 Å². The van der Waals surface area contributed by atoms with Gasteiger partial charge in [0.05, 0.1) is 16.9 Å². The number of nitro groups is 1. The van der Waals surface area contributed by atoms with Crippen molar-refractivity contribution in [3.63, 3.8) is 0 Å². The largest absolute Gasteiger partial charge is 0.493 e. The number of amides is 3. The number of nitrogens with zero attached hydrogens (tertiary/aromatic N) is 3. The summed E-state index contributed by atoms with van der Waals surface area (Å²) in [4.78, 5) is 53.2. The minimum atomic E-state index is -0.578. The van der Waals surface area contributed by atoms with Crippen LogP contribution in [0.1, 0.15) is 16.7 Å². The zero-order chi connectivity index (χ0) is 27.4. The van der Waals surface area contributed by atoms with Crippen LogP contribution in [0, 0.1) is 24.0 Å². The molecule has 4 rings (SSSR count). The number of aryl methyl sites for hydroxylation is 2. The van der Waals surface area contributed by atoms with Crippen LogP contribution in [0.3, 0.4) is 0 Å². The van der Waals surface area contributed by atoms with Crippen molar-refractivity contribution in [1.82, 2.24) is 9.88 Å². The standard InChI is InChI=1S/C26H22N4O7S/c1-15-5-4-6-16(2)24(15)28-22(31)14-29-25(32)21(38-26(29)33)12-17-7-9-19(20(11-17)36-3)37-23-10-8-18(13-27-23)30(34)35/h4-13H,14H2,1-3H3,(H,28,31)/b21-12+. The molecule has 3 aromatic rings. The molecule has 12 heteroatoms. The Kier molecular flexibility index (Phi) is 7.72. The molecule has 1 aliphatic rings. The third-order valence-electron chi connectivity index (χ3n) is 5.55. The van der Waals surface area contributed by atoms with Crippen molar-refractivity contribution >= 4 is 46.3 Å². The highest BCUT2D eigenvalue weighted by molar-refractivity contribution is 8.18. The Balaban J connectivity index is 1.47. The Labute approximate surface area is 221 Å². The smallest absolute Gasteiger partial charge is 0.294 e. The predicted octanol–water partition coefficient (Wildman–Crippen LogP) is 5.08. The number of hydrogen-bond acceptors (Lipinski definition) is 9. The lowest BCUT2D eigenvalue weighted by Gasteiger charge is -2.15. The van der Waals surface area contributed by atoms with E-state index in [1.165, 1.54) is 25.3 Å². The minimum Gasteiger partial charge on any atom is -0.493 e. The van der Waals surface area contributed by atoms with E-state index in [-0.39, 0.29) is 16.5 Å². The molecule has 1 aliphatic heterocycles. The molecular weight excluding hydrogens is 512 g/mol. The average Bonchev–Trinajstić information content (AvgIpc) is 3.14. The molecule has 1 N–H and O–H groups in total. The SMILES string of the molecule is COc1cc(/C=C2/SC(=O)N(CC(=O)Nc3c(C)cccc3C)C2=O)ccc1Oc1ccc([N+](=O)[O-])cn1. The van der Waals surface area contributed by atoms with E-state index in [0.717, 1.165) is 34.0 Å². The first-order chi connectivity index (χ1) is 18.2. The molecule has 1 saturated heterocycles. The maximum atomic E-state index is 12.9. The number of nitrogens with one attached hydrogen (secondary N) is 1. The van der Waals surface area contributed by atoms with Gasteiger partial charge in [-0.05, 0) is 60.5 Å². The maximum Gasteiger partial charge on any atom is 0.294 e. The number of thioether (sulfide) groups is 1. The van der Waals surface area contributed by atoms with Crippen LogP contribution in [-0.2, 0) is 9.59 Å². The summed E-state index contributed by atoms with van der Waals surface area (Å²) in [6.45, 7) is 3.31. The molecule has 0 unspecified atom stereocenters. The van der Waals surface area contributed by atoms with Crippen LogP contribution in [0.5, 0.6) is 17.4 Å². The minimum absolute atomic E-state index is 0.127. The Morgan fingerprint density at radius 3 is 2.50 bits per heavy atom. The van der Waals surface area contributed by atoms with E-state index < -0.39 is 28.5 Å². The molecule has 194 valence electrons. The van der Waals surface area contributed by atoms with Crippen LogP contribution in [-0.4, -0.2) is 45.5 Å². The van der Waals surface area contributed by atoms with Gasteiger partial charge in [-0.2, -0.15) is 0 Å². The molecule has 38 heavy (non-hydrogen) atoms. The first-order valence-electron chi connectivity index (χ1n) is 11.2. The predicted molar refractivity (Wildman–Crippen MR) is 141 cm³/mol. The Bertz CT molecular complexity index is 1450. The molecule has 0 saturated carbocycles. The number of para-hydroxylation sites is 1. The van der Waals surface area contributed by atoms with Gasteiger partial charge in [0, 0.05) is 17.8 Å². The van der Waals surface area contributed by atoms with Crippen molar-refractivity contribution in [1.29, 1.82) is 0 Å². The molecule has 11 nitrogen and oxygen atoms in total. The number of methoxy groups -OCH3 is 1. The van der Waals surface area contributed by atoms with Gasteiger partial charge in [-0.25, -0.2) is 4.98 Å². The Morgan fingerprint density at radius 1 is 1.13 bits per heavy atom. The number of carbonyl (C=O) groups is 3. The van der Waals surface area contributed by atoms with Crippen LogP contribution in [0.15, 0.2) is 59.6 Å². The van der Waals surface area contributed by atoms with Gasteiger partial charge in [0.15, 0.2) is 11.5 Å². The van der Waals surface area contributed by atoms with E-state index in [1.807, 2.05) is 32.0 Å². The Hall–Kier alpha value is -4.71. The summed E-state index contributed by atoms with van der Waals surface area (Å²) >= 11 is 0.737. The summed E-state index contributed by atoms with van der Waals surface area (Å²) in [5.41, 5.74) is 2.78. The zero-order valence-corrected chi connectivity index (χ0v) is 21.4. The van der Waals surface area contributed by atoms with Crippen LogP contribution in [0.2, 0.25) is 0 Å². The fraction of sp³-hybridized carbons (Fsp3) is 0.154. The molecule has 2 heterocycles. The number of carbonyl (C=O) groups excluding carboxylic acids is 3. The van der Waals surface area contributed by atoms with Crippen LogP contribution in [0.25, 0.3) is 6.08 Å². The first kappa shape index (κ1) is 26.4. The van der Waals surface area contributed by atoms with Gasteiger partial charge in [-0.3, -0.25) is 29.4 Å². The van der Waals surface area contributed by atoms with Crippen LogP contribution < -0.4 is 14.8 Å². The molecule has 3 amide bonds. The third-order valence-corrected chi connectivity index (χ3v) is 6.46. The fourth-order valence-electron chi connectivity index (χ4n) is 3.63. The van der Waals surface area contributed by atoms with E-state index in [2.05, 4.69) is 10.3 Å². The van der Waals surface area contributed by atoms with Crippen molar-refractivity contribution in [2.24, 2.45) is 0 Å². The average molecular weight is 535 g/mol. The number of hydrogen-bond donors (Lipinski definition) is 1. The van der Waals surface area contributed by atoms with Crippen LogP contribution >= 0.6 is 11.8 Å². The summed E-state index contributed by atoms with van der Waals surface area (Å²) in [5, 5.41) is 13.0. The number of ether oxygens (including phenoxy) is 2. The highest BCUT2D eigenvalue weighted by Gasteiger charge is 2.36. The topological polar surface area (TPSA) is 141 Å². The number of pyridine rings is 1. The first-order valence-corrected chi connectivity index (χ1v) is 12.1. The van der Waals surface area contributed by atoms with E-state index >= 15 is 0 Å². The number of imide groups is 1. The monoisotopic (exact) mass is 534 g/mol. The summed E-state index contributed by atoms with van der Waals surface area (Å²) in [6.07, 6.45) is 2.60.